The lowest BCUT2D eigenvalue weighted by molar-refractivity contribution is 0.500. The molecular formula is C9H12N2O. The molecule has 1 atom stereocenters. The Hall–Kier alpha value is -1.27. The summed E-state index contributed by atoms with van der Waals surface area (Å²) >= 11 is 0. The predicted molar refractivity (Wildman–Crippen MR) is 45.2 cm³/mol. The van der Waals surface area contributed by atoms with Gasteiger partial charge in [-0.1, -0.05) is 6.92 Å². The summed E-state index contributed by atoms with van der Waals surface area (Å²) in [4.78, 5) is 0. The Morgan fingerprint density at radius 1 is 1.75 bits per heavy atom. The molecule has 1 aromatic heterocycles. The number of hydrogen-bond donors (Lipinski definition) is 1. The third kappa shape index (κ3) is 1.66. The first-order valence-corrected chi connectivity index (χ1v) is 4.01. The van der Waals surface area contributed by atoms with Crippen molar-refractivity contribution in [3.05, 3.63) is 23.7 Å². The Labute approximate surface area is 71.8 Å². The average Bonchev–Trinajstić information content (AvgIpc) is 2.52. The first-order valence-electron chi connectivity index (χ1n) is 4.01. The molecule has 0 radical (unpaired) electrons. The number of rotatable bonds is 3. The van der Waals surface area contributed by atoms with Crippen molar-refractivity contribution < 1.29 is 4.42 Å². The third-order valence-electron chi connectivity index (χ3n) is 1.73. The van der Waals surface area contributed by atoms with Crippen molar-refractivity contribution in [1.82, 2.24) is 0 Å². The van der Waals surface area contributed by atoms with Gasteiger partial charge in [-0.3, -0.25) is 0 Å². The van der Waals surface area contributed by atoms with Crippen molar-refractivity contribution in [2.75, 3.05) is 0 Å². The monoisotopic (exact) mass is 164 g/mol. The van der Waals surface area contributed by atoms with Crippen LogP contribution in [0.2, 0.25) is 0 Å². The van der Waals surface area contributed by atoms with Crippen LogP contribution >= 0.6 is 0 Å². The molecule has 1 aromatic rings. The second-order valence-electron chi connectivity index (χ2n) is 2.66. The van der Waals surface area contributed by atoms with Crippen LogP contribution in [0.1, 0.15) is 30.7 Å². The predicted octanol–water partition coefficient (Wildman–Crippen LogP) is 1.76. The van der Waals surface area contributed by atoms with Crippen LogP contribution in [0.4, 0.5) is 0 Å². The van der Waals surface area contributed by atoms with Crippen LogP contribution in [-0.4, -0.2) is 0 Å². The summed E-state index contributed by atoms with van der Waals surface area (Å²) in [5.41, 5.74) is 6.37. The molecule has 0 aliphatic rings. The van der Waals surface area contributed by atoms with Crippen molar-refractivity contribution in [1.29, 1.82) is 5.26 Å². The summed E-state index contributed by atoms with van der Waals surface area (Å²) < 4.78 is 5.20. The smallest absolute Gasteiger partial charge is 0.122 e. The SMILES string of the molecule is CCCc1occc1C(N)C#N. The van der Waals surface area contributed by atoms with E-state index < -0.39 is 6.04 Å². The van der Waals surface area contributed by atoms with E-state index in [-0.39, 0.29) is 0 Å². The highest BCUT2D eigenvalue weighted by molar-refractivity contribution is 5.25. The van der Waals surface area contributed by atoms with Crippen LogP contribution in [0.25, 0.3) is 0 Å². The summed E-state index contributed by atoms with van der Waals surface area (Å²) in [7, 11) is 0. The van der Waals surface area contributed by atoms with Gasteiger partial charge in [0.15, 0.2) is 0 Å². The summed E-state index contributed by atoms with van der Waals surface area (Å²) in [6.45, 7) is 2.06. The highest BCUT2D eigenvalue weighted by Gasteiger charge is 2.11. The number of furan rings is 1. The fraction of sp³-hybridized carbons (Fsp3) is 0.444. The summed E-state index contributed by atoms with van der Waals surface area (Å²) in [5.74, 6) is 0.839. The summed E-state index contributed by atoms with van der Waals surface area (Å²) in [5, 5.41) is 8.58. The van der Waals surface area contributed by atoms with Gasteiger partial charge >= 0.3 is 0 Å². The molecule has 3 nitrogen and oxygen atoms in total. The van der Waals surface area contributed by atoms with Gasteiger partial charge in [0.25, 0.3) is 0 Å². The fourth-order valence-electron chi connectivity index (χ4n) is 1.13. The molecule has 12 heavy (non-hydrogen) atoms. The number of aryl methyl sites for hydroxylation is 1. The maximum absolute atomic E-state index is 8.58. The van der Waals surface area contributed by atoms with Gasteiger partial charge in [0.1, 0.15) is 11.8 Å². The number of nitriles is 1. The quantitative estimate of drug-likeness (QED) is 0.740. The molecule has 0 aliphatic carbocycles. The van der Waals surface area contributed by atoms with Crippen LogP contribution < -0.4 is 5.73 Å². The number of nitrogens with zero attached hydrogens (tertiary/aromatic N) is 1. The zero-order valence-electron chi connectivity index (χ0n) is 7.08. The first-order chi connectivity index (χ1) is 5.79. The molecule has 0 bridgehead atoms. The molecule has 0 saturated carbocycles. The van der Waals surface area contributed by atoms with Crippen LogP contribution in [0.5, 0.6) is 0 Å². The van der Waals surface area contributed by atoms with Gasteiger partial charge < -0.3 is 10.2 Å². The maximum Gasteiger partial charge on any atom is 0.122 e. The lowest BCUT2D eigenvalue weighted by Gasteiger charge is -2.01. The van der Waals surface area contributed by atoms with Gasteiger partial charge in [0, 0.05) is 12.0 Å². The minimum absolute atomic E-state index is 0.551. The molecule has 0 aliphatic heterocycles. The van der Waals surface area contributed by atoms with Gasteiger partial charge in [-0.15, -0.1) is 0 Å². The van der Waals surface area contributed by atoms with E-state index in [0.717, 1.165) is 24.2 Å². The van der Waals surface area contributed by atoms with Gasteiger partial charge in [0.2, 0.25) is 0 Å². The van der Waals surface area contributed by atoms with Crippen LogP contribution in [-0.2, 0) is 6.42 Å². The Kier molecular flexibility index (Phi) is 2.89. The van der Waals surface area contributed by atoms with Crippen molar-refractivity contribution in [3.8, 4) is 6.07 Å². The Morgan fingerprint density at radius 3 is 3.08 bits per heavy atom. The minimum atomic E-state index is -0.551. The Morgan fingerprint density at radius 2 is 2.50 bits per heavy atom. The number of nitrogens with two attached hydrogens (primary N) is 1. The van der Waals surface area contributed by atoms with Crippen molar-refractivity contribution in [2.24, 2.45) is 5.73 Å². The third-order valence-corrected chi connectivity index (χ3v) is 1.73. The van der Waals surface area contributed by atoms with Crippen LogP contribution in [0, 0.1) is 11.3 Å². The molecule has 0 aromatic carbocycles. The van der Waals surface area contributed by atoms with E-state index in [1.54, 1.807) is 12.3 Å². The maximum atomic E-state index is 8.58. The Bertz CT molecular complexity index is 285. The lowest BCUT2D eigenvalue weighted by Crippen LogP contribution is -2.08. The molecule has 0 amide bonds. The van der Waals surface area contributed by atoms with E-state index in [4.69, 9.17) is 15.4 Å². The van der Waals surface area contributed by atoms with Crippen LogP contribution in [0.15, 0.2) is 16.7 Å². The molecule has 2 N–H and O–H groups in total. The van der Waals surface area contributed by atoms with E-state index in [0.29, 0.717) is 0 Å². The van der Waals surface area contributed by atoms with Crippen LogP contribution in [0.3, 0.4) is 0 Å². The Balaban J connectivity index is 2.85. The first kappa shape index (κ1) is 8.82. The zero-order valence-corrected chi connectivity index (χ0v) is 7.08. The standard InChI is InChI=1S/C9H12N2O/c1-2-3-9-7(4-5-12-9)8(11)6-10/h4-5,8H,2-3,11H2,1H3. The largest absolute Gasteiger partial charge is 0.469 e. The van der Waals surface area contributed by atoms with E-state index >= 15 is 0 Å². The molecule has 1 unspecified atom stereocenters. The highest BCUT2D eigenvalue weighted by atomic mass is 16.3. The molecule has 3 heteroatoms. The van der Waals surface area contributed by atoms with E-state index in [9.17, 15) is 0 Å². The molecule has 0 fully saturated rings. The molecule has 1 heterocycles. The van der Waals surface area contributed by atoms with Gasteiger partial charge in [-0.05, 0) is 12.5 Å². The normalized spacial score (nSPS) is 12.4. The van der Waals surface area contributed by atoms with Gasteiger partial charge in [0.05, 0.1) is 12.3 Å². The molecule has 0 spiro atoms. The summed E-state index contributed by atoms with van der Waals surface area (Å²) in [6, 6.07) is 3.20. The van der Waals surface area contributed by atoms with E-state index in [1.807, 2.05) is 6.07 Å². The number of hydrogen-bond acceptors (Lipinski definition) is 3. The lowest BCUT2D eigenvalue weighted by atomic mass is 10.1. The minimum Gasteiger partial charge on any atom is -0.469 e. The molecule has 1 rings (SSSR count). The second-order valence-corrected chi connectivity index (χ2v) is 2.66. The molecular weight excluding hydrogens is 152 g/mol. The topological polar surface area (TPSA) is 62.9 Å². The van der Waals surface area contributed by atoms with Crippen molar-refractivity contribution in [3.63, 3.8) is 0 Å². The van der Waals surface area contributed by atoms with E-state index in [2.05, 4.69) is 6.92 Å². The average molecular weight is 164 g/mol. The van der Waals surface area contributed by atoms with E-state index in [1.165, 1.54) is 0 Å². The van der Waals surface area contributed by atoms with Gasteiger partial charge in [-0.2, -0.15) is 5.26 Å². The highest BCUT2D eigenvalue weighted by Crippen LogP contribution is 2.18. The van der Waals surface area contributed by atoms with Gasteiger partial charge in [-0.25, -0.2) is 0 Å². The molecule has 64 valence electrons. The second kappa shape index (κ2) is 3.93. The fourth-order valence-corrected chi connectivity index (χ4v) is 1.13. The summed E-state index contributed by atoms with van der Waals surface area (Å²) in [6.07, 6.45) is 3.42. The van der Waals surface area contributed by atoms with Crippen molar-refractivity contribution >= 4 is 0 Å². The van der Waals surface area contributed by atoms with Crippen molar-refractivity contribution in [2.45, 2.75) is 25.8 Å². The molecule has 0 saturated heterocycles. The zero-order chi connectivity index (χ0) is 8.97.